The summed E-state index contributed by atoms with van der Waals surface area (Å²) in [6.07, 6.45) is 1.89. The molecule has 1 aromatic heterocycles. The van der Waals surface area contributed by atoms with Crippen LogP contribution >= 0.6 is 11.3 Å². The Balaban J connectivity index is 1.73. The number of primary amides is 1. The molecule has 3 rings (SSSR count). The van der Waals surface area contributed by atoms with Gasteiger partial charge in [0.15, 0.2) is 0 Å². The molecule has 0 spiro atoms. The van der Waals surface area contributed by atoms with Crippen molar-refractivity contribution in [2.45, 2.75) is 33.2 Å². The molecule has 0 aliphatic heterocycles. The van der Waals surface area contributed by atoms with Gasteiger partial charge in [-0.15, -0.1) is 11.3 Å². The van der Waals surface area contributed by atoms with Gasteiger partial charge in [-0.1, -0.05) is 12.1 Å². The molecule has 8 nitrogen and oxygen atoms in total. The standard InChI is InChI=1S/C21H23N3O5S/c1-3-29-21(28)15-11(2)16(17(22)25)30-20(15)24-19(27)14-6-4-12(5-7-14)10-23-18(26)13-8-9-13/h4-7,13H,3,8-10H2,1-2H3,(H2,22,25)(H,23,26)(H,24,27). The Labute approximate surface area is 177 Å². The molecule has 1 aromatic carbocycles. The summed E-state index contributed by atoms with van der Waals surface area (Å²) in [6, 6.07) is 6.77. The van der Waals surface area contributed by atoms with E-state index in [1.165, 1.54) is 0 Å². The molecule has 0 saturated heterocycles. The van der Waals surface area contributed by atoms with E-state index >= 15 is 0 Å². The number of rotatable bonds is 8. The lowest BCUT2D eigenvalue weighted by atomic mass is 10.1. The van der Waals surface area contributed by atoms with Gasteiger partial charge in [0.05, 0.1) is 17.0 Å². The van der Waals surface area contributed by atoms with Gasteiger partial charge >= 0.3 is 5.97 Å². The lowest BCUT2D eigenvalue weighted by molar-refractivity contribution is -0.122. The highest BCUT2D eigenvalue weighted by Gasteiger charge is 2.29. The lowest BCUT2D eigenvalue weighted by Crippen LogP contribution is -2.24. The molecular formula is C21H23N3O5S. The Kier molecular flexibility index (Phi) is 6.51. The Bertz CT molecular complexity index is 993. The van der Waals surface area contributed by atoms with Gasteiger partial charge in [0.25, 0.3) is 11.8 Å². The third-order valence-electron chi connectivity index (χ3n) is 4.71. The van der Waals surface area contributed by atoms with Crippen molar-refractivity contribution in [1.29, 1.82) is 0 Å². The Morgan fingerprint density at radius 1 is 1.17 bits per heavy atom. The monoisotopic (exact) mass is 429 g/mol. The zero-order valence-electron chi connectivity index (χ0n) is 16.7. The van der Waals surface area contributed by atoms with Gasteiger partial charge in [0.2, 0.25) is 5.91 Å². The minimum atomic E-state index is -0.679. The van der Waals surface area contributed by atoms with Crippen LogP contribution in [0.1, 0.15) is 61.3 Å². The van der Waals surface area contributed by atoms with E-state index in [-0.39, 0.29) is 33.9 Å². The number of nitrogens with one attached hydrogen (secondary N) is 2. The zero-order chi connectivity index (χ0) is 21.8. The average molecular weight is 429 g/mol. The maximum absolute atomic E-state index is 12.7. The summed E-state index contributed by atoms with van der Waals surface area (Å²) in [4.78, 5) is 48.5. The molecule has 3 amide bonds. The molecule has 9 heteroatoms. The molecule has 0 radical (unpaired) electrons. The average Bonchev–Trinajstić information content (AvgIpc) is 3.51. The maximum Gasteiger partial charge on any atom is 0.341 e. The minimum absolute atomic E-state index is 0.0571. The van der Waals surface area contributed by atoms with Crippen molar-refractivity contribution in [2.75, 3.05) is 11.9 Å². The first-order valence-electron chi connectivity index (χ1n) is 9.60. The normalized spacial score (nSPS) is 12.9. The summed E-state index contributed by atoms with van der Waals surface area (Å²) in [5, 5.41) is 5.76. The topological polar surface area (TPSA) is 128 Å². The summed E-state index contributed by atoms with van der Waals surface area (Å²) in [7, 11) is 0. The van der Waals surface area contributed by atoms with E-state index in [2.05, 4.69) is 10.6 Å². The third kappa shape index (κ3) is 4.85. The molecule has 0 bridgehead atoms. The second-order valence-corrected chi connectivity index (χ2v) is 8.01. The van der Waals surface area contributed by atoms with Crippen LogP contribution in [-0.2, 0) is 16.1 Å². The number of hydrogen-bond donors (Lipinski definition) is 3. The predicted octanol–water partition coefficient (Wildman–Crippen LogP) is 2.61. The molecule has 4 N–H and O–H groups in total. The molecule has 1 aliphatic carbocycles. The van der Waals surface area contributed by atoms with Crippen LogP contribution in [0.3, 0.4) is 0 Å². The summed E-state index contributed by atoms with van der Waals surface area (Å²) in [5.74, 6) is -1.55. The van der Waals surface area contributed by atoms with Crippen molar-refractivity contribution in [2.24, 2.45) is 11.7 Å². The SMILES string of the molecule is CCOC(=O)c1c(NC(=O)c2ccc(CNC(=O)C3CC3)cc2)sc(C(N)=O)c1C. The number of anilines is 1. The molecule has 1 aliphatic rings. The van der Waals surface area contributed by atoms with Crippen molar-refractivity contribution in [3.8, 4) is 0 Å². The fourth-order valence-electron chi connectivity index (χ4n) is 2.91. The number of hydrogen-bond acceptors (Lipinski definition) is 6. The van der Waals surface area contributed by atoms with E-state index < -0.39 is 17.8 Å². The highest BCUT2D eigenvalue weighted by molar-refractivity contribution is 7.18. The molecule has 1 heterocycles. The molecule has 0 atom stereocenters. The summed E-state index contributed by atoms with van der Waals surface area (Å²) in [6.45, 7) is 3.81. The first kappa shape index (κ1) is 21.5. The molecule has 2 aromatic rings. The molecule has 0 unspecified atom stereocenters. The molecule has 30 heavy (non-hydrogen) atoms. The number of ether oxygens (including phenoxy) is 1. The highest BCUT2D eigenvalue weighted by Crippen LogP contribution is 2.34. The zero-order valence-corrected chi connectivity index (χ0v) is 17.6. The summed E-state index contributed by atoms with van der Waals surface area (Å²) in [5.41, 5.74) is 7.12. The number of carbonyl (C=O) groups excluding carboxylic acids is 4. The Morgan fingerprint density at radius 3 is 2.40 bits per heavy atom. The molecule has 158 valence electrons. The van der Waals surface area contributed by atoms with Crippen molar-refractivity contribution < 1.29 is 23.9 Å². The molecule has 1 fully saturated rings. The maximum atomic E-state index is 12.7. The Hall–Kier alpha value is -3.20. The lowest BCUT2D eigenvalue weighted by Gasteiger charge is -2.08. The molecular weight excluding hydrogens is 406 g/mol. The second kappa shape index (κ2) is 9.08. The largest absolute Gasteiger partial charge is 0.462 e. The van der Waals surface area contributed by atoms with Gasteiger partial charge in [0.1, 0.15) is 5.00 Å². The van der Waals surface area contributed by atoms with Crippen LogP contribution in [0.15, 0.2) is 24.3 Å². The van der Waals surface area contributed by atoms with Crippen molar-refractivity contribution in [1.82, 2.24) is 5.32 Å². The van der Waals surface area contributed by atoms with Gasteiger partial charge in [-0.3, -0.25) is 14.4 Å². The van der Waals surface area contributed by atoms with Gasteiger partial charge in [-0.25, -0.2) is 4.79 Å². The third-order valence-corrected chi connectivity index (χ3v) is 5.93. The van der Waals surface area contributed by atoms with E-state index in [1.54, 1.807) is 38.1 Å². The van der Waals surface area contributed by atoms with Gasteiger partial charge < -0.3 is 21.1 Å². The van der Waals surface area contributed by atoms with E-state index in [0.717, 1.165) is 29.7 Å². The number of carbonyl (C=O) groups is 4. The molecule has 1 saturated carbocycles. The smallest absolute Gasteiger partial charge is 0.341 e. The van der Waals surface area contributed by atoms with Crippen molar-refractivity contribution >= 4 is 40.0 Å². The van der Waals surface area contributed by atoms with Crippen LogP contribution in [0.25, 0.3) is 0 Å². The van der Waals surface area contributed by atoms with Crippen LogP contribution in [0, 0.1) is 12.8 Å². The quantitative estimate of drug-likeness (QED) is 0.556. The van der Waals surface area contributed by atoms with E-state index in [1.807, 2.05) is 0 Å². The van der Waals surface area contributed by atoms with Crippen LogP contribution in [0.4, 0.5) is 5.00 Å². The van der Waals surface area contributed by atoms with Crippen molar-refractivity contribution in [3.05, 3.63) is 51.4 Å². The summed E-state index contributed by atoms with van der Waals surface area (Å²) >= 11 is 0.940. The minimum Gasteiger partial charge on any atom is -0.462 e. The van der Waals surface area contributed by atoms with E-state index in [4.69, 9.17) is 10.5 Å². The van der Waals surface area contributed by atoms with Crippen LogP contribution < -0.4 is 16.4 Å². The fourth-order valence-corrected chi connectivity index (χ4v) is 3.96. The predicted molar refractivity (Wildman–Crippen MR) is 112 cm³/mol. The number of benzene rings is 1. The van der Waals surface area contributed by atoms with E-state index in [0.29, 0.717) is 17.7 Å². The van der Waals surface area contributed by atoms with Gasteiger partial charge in [-0.2, -0.15) is 0 Å². The second-order valence-electron chi connectivity index (χ2n) is 6.99. The van der Waals surface area contributed by atoms with Crippen LogP contribution in [0.2, 0.25) is 0 Å². The number of amides is 3. The van der Waals surface area contributed by atoms with Gasteiger partial charge in [0, 0.05) is 18.0 Å². The number of thiophene rings is 1. The van der Waals surface area contributed by atoms with Crippen LogP contribution in [0.5, 0.6) is 0 Å². The fraction of sp³-hybridized carbons (Fsp3) is 0.333. The van der Waals surface area contributed by atoms with E-state index in [9.17, 15) is 19.2 Å². The number of nitrogens with two attached hydrogens (primary N) is 1. The number of esters is 1. The van der Waals surface area contributed by atoms with Crippen LogP contribution in [-0.4, -0.2) is 30.3 Å². The highest BCUT2D eigenvalue weighted by atomic mass is 32.1. The first-order chi connectivity index (χ1) is 14.3. The van der Waals surface area contributed by atoms with Crippen molar-refractivity contribution in [3.63, 3.8) is 0 Å². The first-order valence-corrected chi connectivity index (χ1v) is 10.4. The summed E-state index contributed by atoms with van der Waals surface area (Å²) < 4.78 is 5.04. The Morgan fingerprint density at radius 2 is 1.83 bits per heavy atom. The van der Waals surface area contributed by atoms with Gasteiger partial charge in [-0.05, 0) is 49.9 Å².